The Morgan fingerprint density at radius 2 is 2.35 bits per heavy atom. The number of carbonyl (C=O) groups excluding carboxylic acids is 1. The molecule has 0 aliphatic heterocycles. The highest BCUT2D eigenvalue weighted by Crippen LogP contribution is 2.32. The molecule has 1 aliphatic rings. The van der Waals surface area contributed by atoms with Gasteiger partial charge in [0.05, 0.1) is 22.8 Å². The number of rotatable bonds is 6. The average Bonchev–Trinajstić information content (AvgIpc) is 3.16. The molecule has 112 valence electrons. The number of aliphatic hydroxyl groups excluding tert-OH is 1. The van der Waals surface area contributed by atoms with Crippen LogP contribution in [0.15, 0.2) is 5.38 Å². The van der Waals surface area contributed by atoms with Crippen molar-refractivity contribution in [3.05, 3.63) is 16.1 Å². The van der Waals surface area contributed by atoms with Crippen LogP contribution in [0.5, 0.6) is 0 Å². The van der Waals surface area contributed by atoms with E-state index in [2.05, 4.69) is 17.2 Å². The molecule has 0 spiro atoms. The second-order valence-corrected chi connectivity index (χ2v) is 6.42. The minimum Gasteiger partial charge on any atom is -0.391 e. The lowest BCUT2D eigenvalue weighted by Crippen LogP contribution is -2.42. The summed E-state index contributed by atoms with van der Waals surface area (Å²) in [5.74, 6) is 0.383. The van der Waals surface area contributed by atoms with Gasteiger partial charge in [0.2, 0.25) is 0 Å². The van der Waals surface area contributed by atoms with Gasteiger partial charge in [0.25, 0.3) is 0 Å². The van der Waals surface area contributed by atoms with Crippen molar-refractivity contribution in [3.63, 3.8) is 0 Å². The maximum atomic E-state index is 12.1. The quantitative estimate of drug-likeness (QED) is 0.846. The van der Waals surface area contributed by atoms with Crippen LogP contribution in [0.4, 0.5) is 4.79 Å². The van der Waals surface area contributed by atoms with Crippen molar-refractivity contribution in [1.82, 2.24) is 15.2 Å². The highest BCUT2D eigenvalue weighted by molar-refractivity contribution is 7.09. The molecule has 2 unspecified atom stereocenters. The molecule has 2 atom stereocenters. The van der Waals surface area contributed by atoms with Crippen LogP contribution in [-0.2, 0) is 6.42 Å². The molecule has 0 saturated heterocycles. The van der Waals surface area contributed by atoms with E-state index in [0.717, 1.165) is 30.0 Å². The van der Waals surface area contributed by atoms with Gasteiger partial charge in [0.15, 0.2) is 0 Å². The third kappa shape index (κ3) is 3.93. The van der Waals surface area contributed by atoms with Crippen molar-refractivity contribution < 1.29 is 9.90 Å². The molecule has 1 heterocycles. The molecule has 1 aromatic rings. The Balaban J connectivity index is 1.82. The minimum atomic E-state index is -0.396. The summed E-state index contributed by atoms with van der Waals surface area (Å²) in [7, 11) is 1.71. The zero-order valence-corrected chi connectivity index (χ0v) is 13.1. The molecule has 1 aliphatic carbocycles. The highest BCUT2D eigenvalue weighted by atomic mass is 32.1. The lowest BCUT2D eigenvalue weighted by atomic mass is 10.2. The first-order chi connectivity index (χ1) is 9.51. The fraction of sp³-hybridized carbons (Fsp3) is 0.714. The summed E-state index contributed by atoms with van der Waals surface area (Å²) in [6.45, 7) is 4.39. The van der Waals surface area contributed by atoms with Gasteiger partial charge in [-0.3, -0.25) is 0 Å². The molecule has 2 N–H and O–H groups in total. The molecule has 0 aromatic carbocycles. The van der Waals surface area contributed by atoms with E-state index >= 15 is 0 Å². The topological polar surface area (TPSA) is 65.5 Å². The monoisotopic (exact) mass is 297 g/mol. The summed E-state index contributed by atoms with van der Waals surface area (Å²) in [5, 5.41) is 15.9. The second kappa shape index (κ2) is 6.54. The van der Waals surface area contributed by atoms with Gasteiger partial charge in [-0.1, -0.05) is 6.92 Å². The number of urea groups is 1. The van der Waals surface area contributed by atoms with Gasteiger partial charge in [-0.2, -0.15) is 0 Å². The first-order valence-electron chi connectivity index (χ1n) is 7.15. The predicted molar refractivity (Wildman–Crippen MR) is 79.8 cm³/mol. The maximum Gasteiger partial charge on any atom is 0.317 e. The van der Waals surface area contributed by atoms with Crippen LogP contribution in [0.3, 0.4) is 0 Å². The zero-order valence-electron chi connectivity index (χ0n) is 12.3. The first-order valence-corrected chi connectivity index (χ1v) is 8.03. The molecule has 0 bridgehead atoms. The molecule has 1 fully saturated rings. The number of aliphatic hydroxyl groups is 1. The van der Waals surface area contributed by atoms with Gasteiger partial charge in [-0.25, -0.2) is 9.78 Å². The number of nitrogens with one attached hydrogen (secondary N) is 1. The van der Waals surface area contributed by atoms with E-state index in [1.54, 1.807) is 23.3 Å². The SMILES string of the molecule is CCc1nc(C(C)NC(=O)N(C)CC(O)C2CC2)cs1. The Morgan fingerprint density at radius 1 is 1.65 bits per heavy atom. The fourth-order valence-corrected chi connectivity index (χ4v) is 2.89. The van der Waals surface area contributed by atoms with Crippen molar-refractivity contribution in [3.8, 4) is 0 Å². The van der Waals surface area contributed by atoms with E-state index in [9.17, 15) is 9.90 Å². The number of carbonyl (C=O) groups is 1. The van der Waals surface area contributed by atoms with Crippen LogP contribution >= 0.6 is 11.3 Å². The minimum absolute atomic E-state index is 0.112. The summed E-state index contributed by atoms with van der Waals surface area (Å²) in [5.41, 5.74) is 0.899. The number of thiazole rings is 1. The number of hydrogen-bond acceptors (Lipinski definition) is 4. The molecular weight excluding hydrogens is 274 g/mol. The summed E-state index contributed by atoms with van der Waals surface area (Å²) >= 11 is 1.62. The summed E-state index contributed by atoms with van der Waals surface area (Å²) in [6, 6.07) is -0.275. The van der Waals surface area contributed by atoms with E-state index < -0.39 is 6.10 Å². The van der Waals surface area contributed by atoms with E-state index in [1.807, 2.05) is 12.3 Å². The molecule has 2 amide bonds. The molecule has 1 saturated carbocycles. The largest absolute Gasteiger partial charge is 0.391 e. The van der Waals surface area contributed by atoms with Crippen molar-refractivity contribution in [2.75, 3.05) is 13.6 Å². The number of likely N-dealkylation sites (N-methyl/N-ethyl adjacent to an activating group) is 1. The number of amides is 2. The third-order valence-electron chi connectivity index (χ3n) is 3.63. The molecule has 1 aromatic heterocycles. The van der Waals surface area contributed by atoms with Crippen LogP contribution in [0.2, 0.25) is 0 Å². The van der Waals surface area contributed by atoms with Gasteiger partial charge >= 0.3 is 6.03 Å². The Morgan fingerprint density at radius 3 is 2.90 bits per heavy atom. The van der Waals surface area contributed by atoms with Crippen LogP contribution in [-0.4, -0.2) is 40.7 Å². The van der Waals surface area contributed by atoms with Crippen molar-refractivity contribution >= 4 is 17.4 Å². The molecule has 20 heavy (non-hydrogen) atoms. The summed E-state index contributed by atoms with van der Waals surface area (Å²) in [6.07, 6.45) is 2.67. The first kappa shape index (κ1) is 15.3. The normalized spacial score (nSPS) is 17.6. The molecule has 2 rings (SSSR count). The van der Waals surface area contributed by atoms with Gasteiger partial charge in [0.1, 0.15) is 0 Å². The fourth-order valence-electron chi connectivity index (χ4n) is 2.05. The summed E-state index contributed by atoms with van der Waals surface area (Å²) in [4.78, 5) is 18.1. The van der Waals surface area contributed by atoms with Gasteiger partial charge < -0.3 is 15.3 Å². The lowest BCUT2D eigenvalue weighted by Gasteiger charge is -2.23. The van der Waals surface area contributed by atoms with Gasteiger partial charge in [-0.05, 0) is 32.1 Å². The van der Waals surface area contributed by atoms with Crippen LogP contribution < -0.4 is 5.32 Å². The Hall–Kier alpha value is -1.14. The van der Waals surface area contributed by atoms with Crippen molar-refractivity contribution in [1.29, 1.82) is 0 Å². The molecule has 5 nitrogen and oxygen atoms in total. The standard InChI is InChI=1S/C14H23N3O2S/c1-4-13-16-11(8-20-13)9(2)15-14(19)17(3)7-12(18)10-5-6-10/h8-10,12,18H,4-7H2,1-3H3,(H,15,19). The Labute approximate surface area is 124 Å². The zero-order chi connectivity index (χ0) is 14.7. The Bertz CT molecular complexity index is 459. The smallest absolute Gasteiger partial charge is 0.317 e. The number of aryl methyl sites for hydroxylation is 1. The Kier molecular flexibility index (Phi) is 4.99. The van der Waals surface area contributed by atoms with Crippen molar-refractivity contribution in [2.24, 2.45) is 5.92 Å². The molecule has 0 radical (unpaired) electrons. The number of hydrogen-bond donors (Lipinski definition) is 2. The van der Waals surface area contributed by atoms with E-state index in [4.69, 9.17) is 0 Å². The van der Waals surface area contributed by atoms with Gasteiger partial charge in [0, 0.05) is 19.0 Å². The average molecular weight is 297 g/mol. The highest BCUT2D eigenvalue weighted by Gasteiger charge is 2.31. The van der Waals surface area contributed by atoms with Crippen LogP contribution in [0, 0.1) is 5.92 Å². The van der Waals surface area contributed by atoms with Crippen molar-refractivity contribution in [2.45, 2.75) is 45.3 Å². The third-order valence-corrected chi connectivity index (χ3v) is 4.64. The van der Waals surface area contributed by atoms with E-state index in [-0.39, 0.29) is 12.1 Å². The molecule has 6 heteroatoms. The molecular formula is C14H23N3O2S. The van der Waals surface area contributed by atoms with E-state index in [0.29, 0.717) is 12.5 Å². The number of aromatic nitrogens is 1. The second-order valence-electron chi connectivity index (χ2n) is 5.48. The maximum absolute atomic E-state index is 12.1. The van der Waals surface area contributed by atoms with Crippen LogP contribution in [0.1, 0.15) is 43.4 Å². The summed E-state index contributed by atoms with van der Waals surface area (Å²) < 4.78 is 0. The number of nitrogens with zero attached hydrogens (tertiary/aromatic N) is 2. The predicted octanol–water partition coefficient (Wildman–Crippen LogP) is 2.18. The van der Waals surface area contributed by atoms with E-state index in [1.165, 1.54) is 0 Å². The van der Waals surface area contributed by atoms with Gasteiger partial charge in [-0.15, -0.1) is 11.3 Å². The lowest BCUT2D eigenvalue weighted by molar-refractivity contribution is 0.112. The van der Waals surface area contributed by atoms with Crippen LogP contribution in [0.25, 0.3) is 0 Å².